The summed E-state index contributed by atoms with van der Waals surface area (Å²) in [5.41, 5.74) is 0.610. The first kappa shape index (κ1) is 19.0. The molecule has 0 bridgehead atoms. The van der Waals surface area contributed by atoms with Crippen LogP contribution in [0, 0.1) is 5.82 Å². The second kappa shape index (κ2) is 7.85. The molecule has 1 aliphatic heterocycles. The number of hydrogen-bond donors (Lipinski definition) is 0. The van der Waals surface area contributed by atoms with Crippen LogP contribution >= 0.6 is 15.9 Å². The number of benzene rings is 2. The number of carbonyl (C=O) groups excluding carboxylic acids is 1. The molecule has 26 heavy (non-hydrogen) atoms. The van der Waals surface area contributed by atoms with E-state index in [0.29, 0.717) is 23.1 Å². The van der Waals surface area contributed by atoms with Gasteiger partial charge < -0.3 is 4.90 Å². The van der Waals surface area contributed by atoms with E-state index in [1.165, 1.54) is 16.4 Å². The Balaban J connectivity index is 1.62. The zero-order valence-electron chi connectivity index (χ0n) is 13.9. The van der Waals surface area contributed by atoms with Gasteiger partial charge in [0.05, 0.1) is 11.3 Å². The van der Waals surface area contributed by atoms with E-state index in [2.05, 4.69) is 15.9 Å². The Morgan fingerprint density at radius 1 is 1.04 bits per heavy atom. The van der Waals surface area contributed by atoms with Crippen LogP contribution < -0.4 is 0 Å². The van der Waals surface area contributed by atoms with Crippen molar-refractivity contribution in [2.45, 2.75) is 11.3 Å². The predicted octanol–water partition coefficient (Wildman–Crippen LogP) is 2.66. The molecular formula is C18H18BrFN2O3S. The second-order valence-electron chi connectivity index (χ2n) is 6.05. The van der Waals surface area contributed by atoms with E-state index in [1.54, 1.807) is 41.3 Å². The Morgan fingerprint density at radius 3 is 2.38 bits per heavy atom. The molecule has 2 aromatic rings. The Labute approximate surface area is 160 Å². The van der Waals surface area contributed by atoms with E-state index < -0.39 is 10.0 Å². The summed E-state index contributed by atoms with van der Waals surface area (Å²) in [4.78, 5) is 14.2. The number of nitrogens with zero attached hydrogens (tertiary/aromatic N) is 2. The van der Waals surface area contributed by atoms with Crippen LogP contribution in [0.2, 0.25) is 0 Å². The van der Waals surface area contributed by atoms with E-state index in [0.717, 1.165) is 0 Å². The van der Waals surface area contributed by atoms with Gasteiger partial charge in [-0.05, 0) is 35.9 Å². The smallest absolute Gasteiger partial charge is 0.243 e. The van der Waals surface area contributed by atoms with Gasteiger partial charge in [0, 0.05) is 30.7 Å². The van der Waals surface area contributed by atoms with Crippen LogP contribution in [0.5, 0.6) is 0 Å². The lowest BCUT2D eigenvalue weighted by atomic mass is 10.1. The molecule has 0 aliphatic carbocycles. The third-order valence-electron chi connectivity index (χ3n) is 4.27. The van der Waals surface area contributed by atoms with Gasteiger partial charge in [-0.15, -0.1) is 0 Å². The number of amides is 1. The topological polar surface area (TPSA) is 57.7 Å². The molecule has 0 radical (unpaired) electrons. The molecule has 1 amide bonds. The molecule has 5 nitrogen and oxygen atoms in total. The number of hydrogen-bond acceptors (Lipinski definition) is 3. The van der Waals surface area contributed by atoms with Crippen LogP contribution in [0.4, 0.5) is 4.39 Å². The van der Waals surface area contributed by atoms with Gasteiger partial charge in [-0.2, -0.15) is 4.31 Å². The third kappa shape index (κ3) is 4.31. The van der Waals surface area contributed by atoms with Crippen molar-refractivity contribution in [3.05, 3.63) is 64.4 Å². The highest BCUT2D eigenvalue weighted by atomic mass is 79.9. The molecular weight excluding hydrogens is 423 g/mol. The lowest BCUT2D eigenvalue weighted by molar-refractivity contribution is -0.131. The number of halogens is 2. The average Bonchev–Trinajstić information content (AvgIpc) is 2.62. The standard InChI is InChI=1S/C18H18BrFN2O3S/c19-15-4-2-6-17(13-15)26(24,25)22-9-7-21(8-10-22)18(23)12-14-3-1-5-16(20)11-14/h1-6,11,13H,7-10,12H2. The Bertz CT molecular complexity index is 912. The highest BCUT2D eigenvalue weighted by molar-refractivity contribution is 9.10. The quantitative estimate of drug-likeness (QED) is 0.733. The van der Waals surface area contributed by atoms with Crippen molar-refractivity contribution in [1.82, 2.24) is 9.21 Å². The molecule has 1 aliphatic rings. The van der Waals surface area contributed by atoms with E-state index in [4.69, 9.17) is 0 Å². The van der Waals surface area contributed by atoms with E-state index in [-0.39, 0.29) is 36.1 Å². The first-order valence-electron chi connectivity index (χ1n) is 8.14. The summed E-state index contributed by atoms with van der Waals surface area (Å²) in [7, 11) is -3.58. The van der Waals surface area contributed by atoms with Gasteiger partial charge in [0.2, 0.25) is 15.9 Å². The number of rotatable bonds is 4. The fourth-order valence-electron chi connectivity index (χ4n) is 2.89. The molecule has 0 saturated carbocycles. The van der Waals surface area contributed by atoms with Gasteiger partial charge in [-0.3, -0.25) is 4.79 Å². The van der Waals surface area contributed by atoms with Gasteiger partial charge in [0.15, 0.2) is 0 Å². The van der Waals surface area contributed by atoms with E-state index in [9.17, 15) is 17.6 Å². The zero-order chi connectivity index (χ0) is 18.7. The first-order chi connectivity index (χ1) is 12.4. The highest BCUT2D eigenvalue weighted by Gasteiger charge is 2.30. The molecule has 138 valence electrons. The van der Waals surface area contributed by atoms with Crippen LogP contribution in [0.3, 0.4) is 0 Å². The lowest BCUT2D eigenvalue weighted by Gasteiger charge is -2.34. The maximum absolute atomic E-state index is 13.2. The third-order valence-corrected chi connectivity index (χ3v) is 6.66. The molecule has 0 atom stereocenters. The Hall–Kier alpha value is -1.77. The monoisotopic (exact) mass is 440 g/mol. The van der Waals surface area contributed by atoms with Crippen LogP contribution in [-0.4, -0.2) is 49.7 Å². The largest absolute Gasteiger partial charge is 0.340 e. The zero-order valence-corrected chi connectivity index (χ0v) is 16.3. The van der Waals surface area contributed by atoms with Crippen molar-refractivity contribution in [3.8, 4) is 0 Å². The summed E-state index contributed by atoms with van der Waals surface area (Å²) in [5.74, 6) is -0.504. The second-order valence-corrected chi connectivity index (χ2v) is 8.90. The summed E-state index contributed by atoms with van der Waals surface area (Å²) in [6, 6.07) is 12.5. The van der Waals surface area contributed by atoms with Crippen molar-refractivity contribution in [2.75, 3.05) is 26.2 Å². The average molecular weight is 441 g/mol. The highest BCUT2D eigenvalue weighted by Crippen LogP contribution is 2.21. The van der Waals surface area contributed by atoms with Gasteiger partial charge >= 0.3 is 0 Å². The van der Waals surface area contributed by atoms with E-state index in [1.807, 2.05) is 0 Å². The van der Waals surface area contributed by atoms with Crippen LogP contribution in [0.25, 0.3) is 0 Å². The molecule has 0 aromatic heterocycles. The van der Waals surface area contributed by atoms with Gasteiger partial charge in [-0.1, -0.05) is 34.1 Å². The van der Waals surface area contributed by atoms with Crippen molar-refractivity contribution in [3.63, 3.8) is 0 Å². The first-order valence-corrected chi connectivity index (χ1v) is 10.4. The Morgan fingerprint density at radius 2 is 1.73 bits per heavy atom. The minimum absolute atomic E-state index is 0.107. The van der Waals surface area contributed by atoms with Crippen molar-refractivity contribution in [2.24, 2.45) is 0 Å². The summed E-state index contributed by atoms with van der Waals surface area (Å²) >= 11 is 3.28. The number of piperazine rings is 1. The molecule has 1 saturated heterocycles. The maximum atomic E-state index is 13.2. The maximum Gasteiger partial charge on any atom is 0.243 e. The molecule has 2 aromatic carbocycles. The molecule has 1 fully saturated rings. The SMILES string of the molecule is O=C(Cc1cccc(F)c1)N1CCN(S(=O)(=O)c2cccc(Br)c2)CC1. The van der Waals surface area contributed by atoms with Crippen LogP contribution in [0.1, 0.15) is 5.56 Å². The summed E-state index contributed by atoms with van der Waals surface area (Å²) in [5, 5.41) is 0. The number of carbonyl (C=O) groups is 1. The van der Waals surface area contributed by atoms with Crippen molar-refractivity contribution < 1.29 is 17.6 Å². The fraction of sp³-hybridized carbons (Fsp3) is 0.278. The Kier molecular flexibility index (Phi) is 5.74. The van der Waals surface area contributed by atoms with Crippen LogP contribution in [0.15, 0.2) is 57.9 Å². The molecule has 0 unspecified atom stereocenters. The molecule has 3 rings (SSSR count). The molecule has 1 heterocycles. The molecule has 0 spiro atoms. The minimum atomic E-state index is -3.58. The minimum Gasteiger partial charge on any atom is -0.340 e. The number of sulfonamides is 1. The van der Waals surface area contributed by atoms with Gasteiger partial charge in [0.1, 0.15) is 5.82 Å². The van der Waals surface area contributed by atoms with Crippen LogP contribution in [-0.2, 0) is 21.2 Å². The predicted molar refractivity (Wildman–Crippen MR) is 99.6 cm³/mol. The molecule has 0 N–H and O–H groups in total. The van der Waals surface area contributed by atoms with Gasteiger partial charge in [0.25, 0.3) is 0 Å². The summed E-state index contributed by atoms with van der Waals surface area (Å²) in [6.45, 7) is 1.12. The molecule has 8 heteroatoms. The van der Waals surface area contributed by atoms with E-state index >= 15 is 0 Å². The normalized spacial score (nSPS) is 15.8. The lowest BCUT2D eigenvalue weighted by Crippen LogP contribution is -2.50. The summed E-state index contributed by atoms with van der Waals surface area (Å²) in [6.07, 6.45) is 0.107. The van der Waals surface area contributed by atoms with Gasteiger partial charge in [-0.25, -0.2) is 12.8 Å². The van der Waals surface area contributed by atoms with Crippen molar-refractivity contribution >= 4 is 31.9 Å². The summed E-state index contributed by atoms with van der Waals surface area (Å²) < 4.78 is 40.7. The fourth-order valence-corrected chi connectivity index (χ4v) is 4.91. The van der Waals surface area contributed by atoms with Crippen molar-refractivity contribution in [1.29, 1.82) is 0 Å².